The Hall–Kier alpha value is -2.67. The van der Waals surface area contributed by atoms with Crippen LogP contribution in [-0.4, -0.2) is 32.6 Å². The molecule has 0 fully saturated rings. The van der Waals surface area contributed by atoms with Crippen LogP contribution in [-0.2, 0) is 7.05 Å². The summed E-state index contributed by atoms with van der Waals surface area (Å²) in [6.45, 7) is 3.80. The normalized spacial score (nSPS) is 11.6. The van der Waals surface area contributed by atoms with Gasteiger partial charge in [0, 0.05) is 30.9 Å². The second-order valence-electron chi connectivity index (χ2n) is 6.62. The van der Waals surface area contributed by atoms with Crippen molar-refractivity contribution >= 4 is 28.5 Å². The highest BCUT2D eigenvalue weighted by Crippen LogP contribution is 2.24. The molecule has 0 aromatic carbocycles. The lowest BCUT2D eigenvalue weighted by molar-refractivity contribution is 0.0878. The molecular weight excluding hydrogens is 359 g/mol. The number of halogens is 2. The minimum absolute atomic E-state index is 0.166. The molecular formula is C18H18ClFN4O2. The predicted molar refractivity (Wildman–Crippen MR) is 97.0 cm³/mol. The van der Waals surface area contributed by atoms with Gasteiger partial charge >= 0.3 is 0 Å². The van der Waals surface area contributed by atoms with Crippen molar-refractivity contribution in [2.24, 2.45) is 7.05 Å². The van der Waals surface area contributed by atoms with Crippen molar-refractivity contribution in [2.75, 3.05) is 6.61 Å². The Morgan fingerprint density at radius 2 is 2.12 bits per heavy atom. The molecule has 0 saturated heterocycles. The molecule has 3 aromatic rings. The van der Waals surface area contributed by atoms with E-state index in [0.717, 1.165) is 6.20 Å². The molecule has 0 aliphatic carbocycles. The smallest absolute Gasteiger partial charge is 0.253 e. The summed E-state index contributed by atoms with van der Waals surface area (Å²) < 4.78 is 20.2. The average Bonchev–Trinajstić information content (AvgIpc) is 2.88. The summed E-state index contributed by atoms with van der Waals surface area (Å²) in [5, 5.41) is 4.14. The number of fused-ring (bicyclic) bond motifs is 1. The molecule has 0 radical (unpaired) electrons. The summed E-state index contributed by atoms with van der Waals surface area (Å²) >= 11 is 6.17. The third kappa shape index (κ3) is 3.94. The maximum atomic E-state index is 12.9. The Labute approximate surface area is 155 Å². The van der Waals surface area contributed by atoms with Gasteiger partial charge in [0.1, 0.15) is 18.1 Å². The van der Waals surface area contributed by atoms with Gasteiger partial charge in [0.05, 0.1) is 22.3 Å². The van der Waals surface area contributed by atoms with E-state index in [0.29, 0.717) is 21.6 Å². The Bertz CT molecular complexity index is 954. The number of hydrogen-bond donors (Lipinski definition) is 1. The molecule has 3 rings (SSSR count). The third-order valence-electron chi connectivity index (χ3n) is 3.76. The molecule has 0 unspecified atom stereocenters. The van der Waals surface area contributed by atoms with Crippen LogP contribution in [0.4, 0.5) is 4.39 Å². The molecule has 0 saturated carbocycles. The lowest BCUT2D eigenvalue weighted by Gasteiger charge is -2.26. The van der Waals surface area contributed by atoms with Crippen LogP contribution in [0.3, 0.4) is 0 Å². The number of amides is 1. The van der Waals surface area contributed by atoms with Crippen LogP contribution < -0.4 is 10.1 Å². The highest BCUT2D eigenvalue weighted by atomic mass is 35.5. The first kappa shape index (κ1) is 18.1. The SMILES string of the molecule is Cn1cc(Cl)c2cc(C(=O)NC(C)(C)COc3ccc(F)cn3)cnc21. The number of carbonyl (C=O) groups is 1. The lowest BCUT2D eigenvalue weighted by atomic mass is 10.1. The van der Waals surface area contributed by atoms with Crippen molar-refractivity contribution < 1.29 is 13.9 Å². The molecule has 6 nitrogen and oxygen atoms in total. The Morgan fingerprint density at radius 3 is 2.81 bits per heavy atom. The number of carbonyl (C=O) groups excluding carboxylic acids is 1. The fourth-order valence-corrected chi connectivity index (χ4v) is 2.74. The molecule has 0 aliphatic heterocycles. The Balaban J connectivity index is 1.69. The van der Waals surface area contributed by atoms with Gasteiger partial charge in [0.15, 0.2) is 0 Å². The fraction of sp³-hybridized carbons (Fsp3) is 0.278. The van der Waals surface area contributed by atoms with Crippen LogP contribution in [0, 0.1) is 5.82 Å². The number of ether oxygens (including phenoxy) is 1. The number of hydrogen-bond acceptors (Lipinski definition) is 4. The number of nitrogens with zero attached hydrogens (tertiary/aromatic N) is 3. The van der Waals surface area contributed by atoms with Crippen molar-refractivity contribution in [3.63, 3.8) is 0 Å². The summed E-state index contributed by atoms with van der Waals surface area (Å²) in [5.74, 6) is -0.444. The van der Waals surface area contributed by atoms with Gasteiger partial charge in [0.2, 0.25) is 5.88 Å². The molecule has 0 atom stereocenters. The first-order valence-corrected chi connectivity index (χ1v) is 8.30. The molecule has 0 bridgehead atoms. The topological polar surface area (TPSA) is 69.0 Å². The molecule has 26 heavy (non-hydrogen) atoms. The van der Waals surface area contributed by atoms with E-state index < -0.39 is 11.4 Å². The fourth-order valence-electron chi connectivity index (χ4n) is 2.46. The Kier molecular flexibility index (Phi) is 4.82. The van der Waals surface area contributed by atoms with Crippen molar-refractivity contribution in [3.8, 4) is 5.88 Å². The third-order valence-corrected chi connectivity index (χ3v) is 4.06. The van der Waals surface area contributed by atoms with Gasteiger partial charge in [0.25, 0.3) is 5.91 Å². The molecule has 3 heterocycles. The predicted octanol–water partition coefficient (Wildman–Crippen LogP) is 3.35. The molecule has 1 amide bonds. The monoisotopic (exact) mass is 376 g/mol. The largest absolute Gasteiger partial charge is 0.475 e. The summed E-state index contributed by atoms with van der Waals surface area (Å²) in [6.07, 6.45) is 4.33. The molecule has 0 aliphatic rings. The zero-order valence-electron chi connectivity index (χ0n) is 14.6. The van der Waals surface area contributed by atoms with Crippen LogP contribution >= 0.6 is 11.6 Å². The summed E-state index contributed by atoms with van der Waals surface area (Å²) in [4.78, 5) is 20.7. The second-order valence-corrected chi connectivity index (χ2v) is 7.03. The molecule has 136 valence electrons. The van der Waals surface area contributed by atoms with Crippen LogP contribution in [0.5, 0.6) is 5.88 Å². The highest BCUT2D eigenvalue weighted by Gasteiger charge is 2.23. The van der Waals surface area contributed by atoms with Gasteiger partial charge in [-0.25, -0.2) is 14.4 Å². The van der Waals surface area contributed by atoms with Crippen LogP contribution in [0.2, 0.25) is 5.02 Å². The highest BCUT2D eigenvalue weighted by molar-refractivity contribution is 6.35. The van der Waals surface area contributed by atoms with E-state index >= 15 is 0 Å². The van der Waals surface area contributed by atoms with Gasteiger partial charge in [-0.2, -0.15) is 0 Å². The molecule has 0 spiro atoms. The van der Waals surface area contributed by atoms with Gasteiger partial charge < -0.3 is 14.6 Å². The van der Waals surface area contributed by atoms with Gasteiger partial charge in [-0.1, -0.05) is 11.6 Å². The van der Waals surface area contributed by atoms with Crippen molar-refractivity contribution in [1.29, 1.82) is 0 Å². The standard InChI is InChI=1S/C18H18ClFN4O2/c1-18(2,10-26-15-5-4-12(20)8-21-15)23-17(25)11-6-13-14(19)9-24(3)16(13)22-7-11/h4-9H,10H2,1-3H3,(H,23,25). The first-order valence-electron chi connectivity index (χ1n) is 7.93. The molecule has 3 aromatic heterocycles. The van der Waals surface area contributed by atoms with Crippen molar-refractivity contribution in [3.05, 3.63) is 53.2 Å². The van der Waals surface area contributed by atoms with Crippen LogP contribution in [0.25, 0.3) is 11.0 Å². The quantitative estimate of drug-likeness (QED) is 0.741. The van der Waals surface area contributed by atoms with Crippen molar-refractivity contribution in [1.82, 2.24) is 19.9 Å². The van der Waals surface area contributed by atoms with Gasteiger partial charge in [-0.15, -0.1) is 0 Å². The van der Waals surface area contributed by atoms with Gasteiger partial charge in [-0.3, -0.25) is 4.79 Å². The molecule has 1 N–H and O–H groups in total. The summed E-state index contributed by atoms with van der Waals surface area (Å²) in [7, 11) is 1.84. The van der Waals surface area contributed by atoms with Crippen LogP contribution in [0.1, 0.15) is 24.2 Å². The number of aryl methyl sites for hydroxylation is 1. The molecule has 8 heteroatoms. The minimum Gasteiger partial charge on any atom is -0.475 e. The van der Waals surface area contributed by atoms with E-state index in [1.807, 2.05) is 20.9 Å². The number of aromatic nitrogens is 3. The van der Waals surface area contributed by atoms with E-state index in [2.05, 4.69) is 15.3 Å². The lowest BCUT2D eigenvalue weighted by Crippen LogP contribution is -2.47. The van der Waals surface area contributed by atoms with E-state index in [4.69, 9.17) is 16.3 Å². The summed E-state index contributed by atoms with van der Waals surface area (Å²) in [6, 6.07) is 4.40. The maximum absolute atomic E-state index is 12.9. The number of pyridine rings is 2. The minimum atomic E-state index is -0.678. The van der Waals surface area contributed by atoms with Gasteiger partial charge in [-0.05, 0) is 26.0 Å². The van der Waals surface area contributed by atoms with Crippen LogP contribution in [0.15, 0.2) is 36.8 Å². The number of rotatable bonds is 5. The summed E-state index contributed by atoms with van der Waals surface area (Å²) in [5.41, 5.74) is 0.429. The average molecular weight is 377 g/mol. The Morgan fingerprint density at radius 1 is 1.35 bits per heavy atom. The van der Waals surface area contributed by atoms with E-state index in [1.54, 1.807) is 16.8 Å². The van der Waals surface area contributed by atoms with E-state index in [9.17, 15) is 9.18 Å². The first-order chi connectivity index (χ1) is 12.2. The zero-order chi connectivity index (χ0) is 18.9. The zero-order valence-corrected chi connectivity index (χ0v) is 15.3. The van der Waals surface area contributed by atoms with E-state index in [-0.39, 0.29) is 18.4 Å². The second kappa shape index (κ2) is 6.92. The van der Waals surface area contributed by atoms with Crippen molar-refractivity contribution in [2.45, 2.75) is 19.4 Å². The van der Waals surface area contributed by atoms with E-state index in [1.165, 1.54) is 18.3 Å². The number of nitrogens with one attached hydrogen (secondary N) is 1. The maximum Gasteiger partial charge on any atom is 0.253 e.